The van der Waals surface area contributed by atoms with Crippen LogP contribution in [0, 0.1) is 0 Å². The van der Waals surface area contributed by atoms with Gasteiger partial charge in [-0.25, -0.2) is 9.97 Å². The Bertz CT molecular complexity index is 745. The number of amides is 1. The van der Waals surface area contributed by atoms with Crippen LogP contribution in [0.2, 0.25) is 5.02 Å². The number of anilines is 1. The molecule has 2 rings (SSSR count). The lowest BCUT2D eigenvalue weighted by Gasteiger charge is -2.20. The van der Waals surface area contributed by atoms with Crippen LogP contribution in [0.5, 0.6) is 5.75 Å². The quantitative estimate of drug-likeness (QED) is 0.494. The van der Waals surface area contributed by atoms with E-state index < -0.39 is 5.91 Å². The maximum atomic E-state index is 12.4. The topological polar surface area (TPSA) is 75.1 Å². The number of halogens is 1. The predicted molar refractivity (Wildman–Crippen MR) is 93.6 cm³/mol. The number of hydrogen-bond donors (Lipinski definition) is 2. The number of carbonyl (C=O) groups excluding carboxylic acids is 1. The third-order valence-electron chi connectivity index (χ3n) is 3.23. The smallest absolute Gasteiger partial charge is 0.276 e. The Balaban J connectivity index is 2.34. The first-order valence-corrected chi connectivity index (χ1v) is 8.54. The van der Waals surface area contributed by atoms with Crippen molar-refractivity contribution in [3.8, 4) is 5.75 Å². The monoisotopic (exact) mass is 351 g/mol. The Labute approximate surface area is 144 Å². The molecule has 1 amide bonds. The second-order valence-electron chi connectivity index (χ2n) is 5.99. The van der Waals surface area contributed by atoms with Crippen LogP contribution in [0.1, 0.15) is 36.8 Å². The Hall–Kier alpha value is -1.79. The van der Waals surface area contributed by atoms with Crippen LogP contribution in [0.3, 0.4) is 0 Å². The zero-order valence-corrected chi connectivity index (χ0v) is 14.9. The summed E-state index contributed by atoms with van der Waals surface area (Å²) in [6.07, 6.45) is 3.20. The number of hydrogen-bond acceptors (Lipinski definition) is 5. The largest absolute Gasteiger partial charge is 0.506 e. The molecule has 5 nitrogen and oxygen atoms in total. The fraction of sp³-hybridized carbons (Fsp3) is 0.312. The minimum Gasteiger partial charge on any atom is -0.506 e. The first kappa shape index (κ1) is 17.6. The van der Waals surface area contributed by atoms with Gasteiger partial charge in [-0.05, 0) is 29.4 Å². The van der Waals surface area contributed by atoms with Crippen LogP contribution < -0.4 is 5.32 Å². The predicted octanol–water partition coefficient (Wildman–Crippen LogP) is 4.11. The standard InChI is InChI=1S/C16H18ClN3O2S/c1-16(2,3)9-5-6-12(21)11(7-9)19-14(22)13-10(17)8-18-15(20-13)23-4/h5-8,21H,1-4H3,(H,19,22). The van der Waals surface area contributed by atoms with Crippen molar-refractivity contribution >= 4 is 35.0 Å². The fourth-order valence-electron chi connectivity index (χ4n) is 1.89. The first-order chi connectivity index (χ1) is 10.7. The summed E-state index contributed by atoms with van der Waals surface area (Å²) in [5, 5.41) is 13.3. The van der Waals surface area contributed by atoms with Crippen molar-refractivity contribution < 1.29 is 9.90 Å². The molecule has 0 aliphatic heterocycles. The molecule has 23 heavy (non-hydrogen) atoms. The van der Waals surface area contributed by atoms with Gasteiger partial charge in [0, 0.05) is 0 Å². The summed E-state index contributed by atoms with van der Waals surface area (Å²) in [7, 11) is 0. The van der Waals surface area contributed by atoms with Crippen LogP contribution in [0.4, 0.5) is 5.69 Å². The number of benzene rings is 1. The van der Waals surface area contributed by atoms with Crippen LogP contribution in [0.15, 0.2) is 29.6 Å². The van der Waals surface area contributed by atoms with E-state index in [-0.39, 0.29) is 21.9 Å². The molecule has 0 aliphatic carbocycles. The minimum absolute atomic E-state index is 0.0124. The number of phenols is 1. The second kappa shape index (κ2) is 6.76. The lowest BCUT2D eigenvalue weighted by molar-refractivity contribution is 0.102. The molecule has 0 atom stereocenters. The fourth-order valence-corrected chi connectivity index (χ4v) is 2.41. The van der Waals surface area contributed by atoms with E-state index in [1.807, 2.05) is 12.3 Å². The van der Waals surface area contributed by atoms with Gasteiger partial charge < -0.3 is 10.4 Å². The zero-order chi connectivity index (χ0) is 17.2. The van der Waals surface area contributed by atoms with E-state index in [1.165, 1.54) is 18.0 Å². The van der Waals surface area contributed by atoms with E-state index in [1.54, 1.807) is 12.1 Å². The van der Waals surface area contributed by atoms with Crippen LogP contribution in [0.25, 0.3) is 0 Å². The molecule has 1 aromatic heterocycles. The van der Waals surface area contributed by atoms with Crippen LogP contribution in [-0.4, -0.2) is 27.2 Å². The number of aromatic nitrogens is 2. The summed E-state index contributed by atoms with van der Waals surface area (Å²) in [5.41, 5.74) is 1.28. The minimum atomic E-state index is -0.492. The van der Waals surface area contributed by atoms with Crippen molar-refractivity contribution in [2.75, 3.05) is 11.6 Å². The molecule has 0 saturated carbocycles. The number of rotatable bonds is 3. The van der Waals surface area contributed by atoms with Gasteiger partial charge >= 0.3 is 0 Å². The van der Waals surface area contributed by atoms with E-state index in [0.717, 1.165) is 5.56 Å². The molecule has 1 aromatic carbocycles. The third kappa shape index (κ3) is 4.14. The number of carbonyl (C=O) groups is 1. The normalized spacial score (nSPS) is 11.3. The lowest BCUT2D eigenvalue weighted by Crippen LogP contribution is -2.17. The molecule has 0 bridgehead atoms. The molecule has 2 N–H and O–H groups in total. The van der Waals surface area contributed by atoms with Gasteiger partial charge in [0.05, 0.1) is 16.9 Å². The number of nitrogens with one attached hydrogen (secondary N) is 1. The van der Waals surface area contributed by atoms with Gasteiger partial charge in [-0.3, -0.25) is 4.79 Å². The summed E-state index contributed by atoms with van der Waals surface area (Å²) in [5.74, 6) is -0.504. The number of thioether (sulfide) groups is 1. The Morgan fingerprint density at radius 1 is 1.35 bits per heavy atom. The molecular formula is C16H18ClN3O2S. The van der Waals surface area contributed by atoms with E-state index in [9.17, 15) is 9.90 Å². The molecule has 7 heteroatoms. The van der Waals surface area contributed by atoms with Crippen molar-refractivity contribution in [3.05, 3.63) is 40.7 Å². The molecule has 0 saturated heterocycles. The van der Waals surface area contributed by atoms with Gasteiger partial charge in [0.25, 0.3) is 5.91 Å². The highest BCUT2D eigenvalue weighted by Crippen LogP contribution is 2.31. The van der Waals surface area contributed by atoms with E-state index in [4.69, 9.17) is 11.6 Å². The van der Waals surface area contributed by atoms with Crippen molar-refractivity contribution in [1.29, 1.82) is 0 Å². The van der Waals surface area contributed by atoms with E-state index >= 15 is 0 Å². The van der Waals surface area contributed by atoms with Crippen molar-refractivity contribution in [3.63, 3.8) is 0 Å². The lowest BCUT2D eigenvalue weighted by atomic mass is 9.87. The van der Waals surface area contributed by atoms with Gasteiger partial charge in [-0.15, -0.1) is 0 Å². The number of phenolic OH excluding ortho intramolecular Hbond substituents is 1. The zero-order valence-electron chi connectivity index (χ0n) is 13.3. The highest BCUT2D eigenvalue weighted by atomic mass is 35.5. The van der Waals surface area contributed by atoms with Crippen LogP contribution in [-0.2, 0) is 5.41 Å². The summed E-state index contributed by atoms with van der Waals surface area (Å²) in [4.78, 5) is 20.5. The number of aromatic hydroxyl groups is 1. The maximum absolute atomic E-state index is 12.4. The molecule has 0 fully saturated rings. The molecule has 0 aliphatic rings. The SMILES string of the molecule is CSc1ncc(Cl)c(C(=O)Nc2cc(C(C)(C)C)ccc2O)n1. The van der Waals surface area contributed by atoms with E-state index in [2.05, 4.69) is 36.1 Å². The summed E-state index contributed by atoms with van der Waals surface area (Å²) in [6, 6.07) is 5.14. The Morgan fingerprint density at radius 2 is 2.04 bits per heavy atom. The van der Waals surface area contributed by atoms with Gasteiger partial charge in [0.15, 0.2) is 10.9 Å². The molecule has 122 valence electrons. The highest BCUT2D eigenvalue weighted by Gasteiger charge is 2.19. The van der Waals surface area contributed by atoms with Crippen molar-refractivity contribution in [2.24, 2.45) is 0 Å². The Kier molecular flexibility index (Phi) is 5.16. The number of nitrogens with zero attached hydrogens (tertiary/aromatic N) is 2. The summed E-state index contributed by atoms with van der Waals surface area (Å²) in [6.45, 7) is 6.16. The van der Waals surface area contributed by atoms with Gasteiger partial charge in [0.2, 0.25) is 0 Å². The molecular weight excluding hydrogens is 334 g/mol. The average Bonchev–Trinajstić information content (AvgIpc) is 2.48. The average molecular weight is 352 g/mol. The van der Waals surface area contributed by atoms with Gasteiger partial charge in [-0.1, -0.05) is 50.2 Å². The van der Waals surface area contributed by atoms with Crippen molar-refractivity contribution in [2.45, 2.75) is 31.3 Å². The summed E-state index contributed by atoms with van der Waals surface area (Å²) >= 11 is 7.31. The van der Waals surface area contributed by atoms with Crippen molar-refractivity contribution in [1.82, 2.24) is 9.97 Å². The van der Waals surface area contributed by atoms with Gasteiger partial charge in [-0.2, -0.15) is 0 Å². The third-order valence-corrected chi connectivity index (χ3v) is 4.07. The molecule has 0 unspecified atom stereocenters. The van der Waals surface area contributed by atoms with E-state index in [0.29, 0.717) is 10.8 Å². The highest BCUT2D eigenvalue weighted by molar-refractivity contribution is 7.98. The molecule has 0 spiro atoms. The Morgan fingerprint density at radius 3 is 2.65 bits per heavy atom. The summed E-state index contributed by atoms with van der Waals surface area (Å²) < 4.78 is 0. The van der Waals surface area contributed by atoms with Gasteiger partial charge in [0.1, 0.15) is 5.75 Å². The molecule has 2 aromatic rings. The molecule has 0 radical (unpaired) electrons. The second-order valence-corrected chi connectivity index (χ2v) is 7.17. The maximum Gasteiger partial charge on any atom is 0.276 e. The van der Waals surface area contributed by atoms with Crippen LogP contribution >= 0.6 is 23.4 Å². The first-order valence-electron chi connectivity index (χ1n) is 6.93. The molecule has 1 heterocycles.